The molecule has 2 aromatic rings. The predicted molar refractivity (Wildman–Crippen MR) is 117 cm³/mol. The second kappa shape index (κ2) is 10.9. The van der Waals surface area contributed by atoms with Crippen molar-refractivity contribution in [2.75, 3.05) is 13.7 Å². The number of halogens is 4. The fraction of sp³-hybridized carbons (Fsp3) is 0.300. The van der Waals surface area contributed by atoms with Crippen LogP contribution in [0.2, 0.25) is 20.1 Å². The zero-order valence-corrected chi connectivity index (χ0v) is 18.9. The lowest BCUT2D eigenvalue weighted by Gasteiger charge is -2.30. The number of rotatable bonds is 8. The average molecular weight is 478 g/mol. The Labute approximate surface area is 189 Å². The van der Waals surface area contributed by atoms with Gasteiger partial charge in [0.2, 0.25) is 5.91 Å². The summed E-state index contributed by atoms with van der Waals surface area (Å²) in [5, 5.41) is 4.12. The minimum Gasteiger partial charge on any atom is -0.482 e. The molecule has 29 heavy (non-hydrogen) atoms. The fourth-order valence-electron chi connectivity index (χ4n) is 2.74. The summed E-state index contributed by atoms with van der Waals surface area (Å²) in [6.07, 6.45) is 0.425. The maximum absolute atomic E-state index is 13.0. The van der Waals surface area contributed by atoms with Gasteiger partial charge in [-0.2, -0.15) is 0 Å². The Morgan fingerprint density at radius 1 is 1.03 bits per heavy atom. The number of nitrogens with one attached hydrogen (secondary N) is 1. The van der Waals surface area contributed by atoms with Crippen LogP contribution in [0.3, 0.4) is 0 Å². The molecule has 0 aliphatic rings. The number of ether oxygens (including phenoxy) is 1. The lowest BCUT2D eigenvalue weighted by atomic mass is 10.1. The number of hydrogen-bond acceptors (Lipinski definition) is 3. The van der Waals surface area contributed by atoms with Crippen LogP contribution in [-0.2, 0) is 16.1 Å². The topological polar surface area (TPSA) is 58.6 Å². The second-order valence-corrected chi connectivity index (χ2v) is 7.83. The van der Waals surface area contributed by atoms with Gasteiger partial charge in [0.1, 0.15) is 11.8 Å². The summed E-state index contributed by atoms with van der Waals surface area (Å²) in [5.41, 5.74) is 0.736. The Kier molecular flexibility index (Phi) is 8.90. The molecule has 0 saturated carbocycles. The quantitative estimate of drug-likeness (QED) is 0.566. The third-order valence-corrected chi connectivity index (χ3v) is 5.48. The summed E-state index contributed by atoms with van der Waals surface area (Å²) in [4.78, 5) is 26.7. The van der Waals surface area contributed by atoms with Gasteiger partial charge >= 0.3 is 0 Å². The van der Waals surface area contributed by atoms with Gasteiger partial charge in [0.05, 0.1) is 15.1 Å². The minimum absolute atomic E-state index is 0.166. The van der Waals surface area contributed by atoms with E-state index in [-0.39, 0.29) is 25.0 Å². The van der Waals surface area contributed by atoms with Gasteiger partial charge in [-0.15, -0.1) is 0 Å². The van der Waals surface area contributed by atoms with Crippen molar-refractivity contribution in [3.05, 3.63) is 62.1 Å². The molecule has 0 heterocycles. The van der Waals surface area contributed by atoms with Crippen LogP contribution in [0.1, 0.15) is 18.9 Å². The third kappa shape index (κ3) is 6.41. The van der Waals surface area contributed by atoms with E-state index < -0.39 is 6.04 Å². The van der Waals surface area contributed by atoms with Crippen LogP contribution in [0.15, 0.2) is 36.4 Å². The number of carbonyl (C=O) groups is 2. The van der Waals surface area contributed by atoms with E-state index in [1.807, 2.05) is 6.92 Å². The lowest BCUT2D eigenvalue weighted by Crippen LogP contribution is -2.49. The number of hydrogen-bond donors (Lipinski definition) is 1. The van der Waals surface area contributed by atoms with Crippen molar-refractivity contribution in [3.63, 3.8) is 0 Å². The number of amides is 2. The van der Waals surface area contributed by atoms with E-state index in [1.54, 1.807) is 30.3 Å². The molecular weight excluding hydrogens is 458 g/mol. The van der Waals surface area contributed by atoms with Crippen LogP contribution >= 0.6 is 46.4 Å². The van der Waals surface area contributed by atoms with E-state index in [2.05, 4.69) is 5.32 Å². The number of carbonyl (C=O) groups excluding carboxylic acids is 2. The smallest absolute Gasteiger partial charge is 0.261 e. The molecule has 0 bridgehead atoms. The van der Waals surface area contributed by atoms with Crippen molar-refractivity contribution in [2.45, 2.75) is 25.9 Å². The van der Waals surface area contributed by atoms with Crippen LogP contribution in [0.4, 0.5) is 0 Å². The summed E-state index contributed by atoms with van der Waals surface area (Å²) in [7, 11) is 1.52. The van der Waals surface area contributed by atoms with Gasteiger partial charge in [0.15, 0.2) is 6.61 Å². The van der Waals surface area contributed by atoms with Crippen LogP contribution < -0.4 is 10.1 Å². The third-order valence-electron chi connectivity index (χ3n) is 4.21. The van der Waals surface area contributed by atoms with Crippen molar-refractivity contribution in [1.82, 2.24) is 10.2 Å². The molecule has 2 aromatic carbocycles. The molecule has 2 amide bonds. The van der Waals surface area contributed by atoms with Gasteiger partial charge in [0, 0.05) is 18.6 Å². The molecule has 0 aromatic heterocycles. The Hall–Kier alpha value is -1.66. The highest BCUT2D eigenvalue weighted by molar-refractivity contribution is 6.42. The van der Waals surface area contributed by atoms with Gasteiger partial charge in [-0.25, -0.2) is 0 Å². The molecule has 2 rings (SSSR count). The standard InChI is InChI=1S/C20H20Cl4N2O3/c1-3-17(20(28)25-2)26(10-12-4-6-14(22)15(23)8-12)19(27)11-29-18-7-5-13(21)9-16(18)24/h4-9,17H,3,10-11H2,1-2H3,(H,25,28)/t17-/m1/s1. The summed E-state index contributed by atoms with van der Waals surface area (Å²) >= 11 is 24.0. The molecule has 0 unspecified atom stereocenters. The van der Waals surface area contributed by atoms with Crippen molar-refractivity contribution < 1.29 is 14.3 Å². The first-order valence-electron chi connectivity index (χ1n) is 8.79. The molecule has 0 radical (unpaired) electrons. The van der Waals surface area contributed by atoms with E-state index in [0.717, 1.165) is 5.56 Å². The molecule has 0 aliphatic carbocycles. The normalized spacial score (nSPS) is 11.7. The van der Waals surface area contributed by atoms with Crippen molar-refractivity contribution in [2.24, 2.45) is 0 Å². The summed E-state index contributed by atoms with van der Waals surface area (Å²) < 4.78 is 5.56. The summed E-state index contributed by atoms with van der Waals surface area (Å²) in [6.45, 7) is 1.70. The lowest BCUT2D eigenvalue weighted by molar-refractivity contribution is -0.142. The Balaban J connectivity index is 2.23. The van der Waals surface area contributed by atoms with Crippen molar-refractivity contribution in [1.29, 1.82) is 0 Å². The Bertz CT molecular complexity index is 892. The van der Waals surface area contributed by atoms with E-state index in [9.17, 15) is 9.59 Å². The molecule has 0 aliphatic heterocycles. The van der Waals surface area contributed by atoms with Gasteiger partial charge in [-0.05, 0) is 42.3 Å². The zero-order valence-electron chi connectivity index (χ0n) is 15.8. The van der Waals surface area contributed by atoms with Gasteiger partial charge in [-0.1, -0.05) is 59.4 Å². The summed E-state index contributed by atoms with van der Waals surface area (Å²) in [6, 6.07) is 9.10. The van der Waals surface area contributed by atoms with Crippen LogP contribution in [0.25, 0.3) is 0 Å². The monoisotopic (exact) mass is 476 g/mol. The van der Waals surface area contributed by atoms with Gasteiger partial charge in [0.25, 0.3) is 5.91 Å². The van der Waals surface area contributed by atoms with Crippen molar-refractivity contribution in [3.8, 4) is 5.75 Å². The highest BCUT2D eigenvalue weighted by atomic mass is 35.5. The van der Waals surface area contributed by atoms with Crippen LogP contribution in [0.5, 0.6) is 5.75 Å². The number of nitrogens with zero attached hydrogens (tertiary/aromatic N) is 1. The highest BCUT2D eigenvalue weighted by Crippen LogP contribution is 2.28. The molecule has 5 nitrogen and oxygen atoms in total. The average Bonchev–Trinajstić information content (AvgIpc) is 2.69. The maximum atomic E-state index is 13.0. The predicted octanol–water partition coefficient (Wildman–Crippen LogP) is 5.23. The van der Waals surface area contributed by atoms with Crippen LogP contribution in [0, 0.1) is 0 Å². The van der Waals surface area contributed by atoms with Gasteiger partial charge < -0.3 is 15.0 Å². The molecule has 0 fully saturated rings. The first kappa shape index (κ1) is 23.6. The second-order valence-electron chi connectivity index (χ2n) is 6.17. The largest absolute Gasteiger partial charge is 0.482 e. The van der Waals surface area contributed by atoms with E-state index in [4.69, 9.17) is 51.1 Å². The zero-order chi connectivity index (χ0) is 21.6. The first-order chi connectivity index (χ1) is 13.8. The Morgan fingerprint density at radius 3 is 2.34 bits per heavy atom. The van der Waals surface area contributed by atoms with Crippen molar-refractivity contribution >= 4 is 58.2 Å². The molecule has 0 spiro atoms. The summed E-state index contributed by atoms with van der Waals surface area (Å²) in [5.74, 6) is -0.324. The van der Waals surface area contributed by atoms with Gasteiger partial charge in [-0.3, -0.25) is 9.59 Å². The molecule has 1 atom stereocenters. The van der Waals surface area contributed by atoms with E-state index in [1.165, 1.54) is 18.0 Å². The maximum Gasteiger partial charge on any atom is 0.261 e. The molecule has 1 N–H and O–H groups in total. The Morgan fingerprint density at radius 2 is 1.76 bits per heavy atom. The molecule has 156 valence electrons. The number of benzene rings is 2. The highest BCUT2D eigenvalue weighted by Gasteiger charge is 2.28. The molecule has 0 saturated heterocycles. The van der Waals surface area contributed by atoms with Crippen LogP contribution in [-0.4, -0.2) is 36.4 Å². The molecule has 9 heteroatoms. The van der Waals surface area contributed by atoms with E-state index in [0.29, 0.717) is 32.3 Å². The minimum atomic E-state index is -0.675. The molecular formula is C20H20Cl4N2O3. The SMILES string of the molecule is CC[C@H](C(=O)NC)N(Cc1ccc(Cl)c(Cl)c1)C(=O)COc1ccc(Cl)cc1Cl. The number of likely N-dealkylation sites (N-methyl/N-ethyl adjacent to an activating group) is 1. The first-order valence-corrected chi connectivity index (χ1v) is 10.3. The van der Waals surface area contributed by atoms with E-state index >= 15 is 0 Å². The fourth-order valence-corrected chi connectivity index (χ4v) is 3.52.